The number of rotatable bonds is 19. The number of carbonyl (C=O) groups excluding carboxylic acids is 2. The van der Waals surface area contributed by atoms with E-state index in [1.54, 1.807) is 0 Å². The van der Waals surface area contributed by atoms with E-state index in [0.29, 0.717) is 12.8 Å². The van der Waals surface area contributed by atoms with Gasteiger partial charge in [-0.05, 0) is 12.8 Å². The summed E-state index contributed by atoms with van der Waals surface area (Å²) in [6.07, 6.45) is 20.8. The van der Waals surface area contributed by atoms with E-state index in [9.17, 15) is 9.59 Å². The van der Waals surface area contributed by atoms with Crippen molar-refractivity contribution in [2.45, 2.75) is 129 Å². The first-order valence-electron chi connectivity index (χ1n) is 10.7. The Balaban J connectivity index is 3.17. The zero-order valence-electron chi connectivity index (χ0n) is 16.5. The fourth-order valence-electron chi connectivity index (χ4n) is 3.19. The van der Waals surface area contributed by atoms with Crippen LogP contribution in [0.1, 0.15) is 129 Å². The third-order valence-electron chi connectivity index (χ3n) is 4.73. The lowest BCUT2D eigenvalue weighted by molar-refractivity contribution is -0.127. The van der Waals surface area contributed by atoms with E-state index in [1.165, 1.54) is 77.0 Å². The second kappa shape index (κ2) is 18.7. The summed E-state index contributed by atoms with van der Waals surface area (Å²) >= 11 is 0. The highest BCUT2D eigenvalue weighted by Crippen LogP contribution is 2.13. The summed E-state index contributed by atoms with van der Waals surface area (Å²) in [4.78, 5) is 23.0. The van der Waals surface area contributed by atoms with Crippen molar-refractivity contribution in [2.75, 3.05) is 0 Å². The van der Waals surface area contributed by atoms with E-state index in [2.05, 4.69) is 6.92 Å². The number of carbonyl (C=O) groups is 2. The quantitative estimate of drug-likeness (QED) is 0.184. The van der Waals surface area contributed by atoms with Gasteiger partial charge in [0.25, 0.3) is 0 Å². The molecular weight excluding hydrogens is 296 g/mol. The highest BCUT2D eigenvalue weighted by Gasteiger charge is 2.08. The lowest BCUT2D eigenvalue weighted by Crippen LogP contribution is -2.07. The molecule has 0 aliphatic heterocycles. The topological polar surface area (TPSA) is 34.1 Å². The van der Waals surface area contributed by atoms with Crippen LogP contribution in [0.4, 0.5) is 0 Å². The standard InChI is InChI=1S/C22H42O2/c1-3-5-6-7-8-9-10-11-12-13-14-15-16-17-19-22(24)20-21(23)18-4-2/h3-20H2,1-2H3. The predicted molar refractivity (Wildman–Crippen MR) is 104 cm³/mol. The molecule has 0 heterocycles. The Morgan fingerprint density at radius 3 is 1.25 bits per heavy atom. The summed E-state index contributed by atoms with van der Waals surface area (Å²) in [6, 6.07) is 0. The molecule has 0 aromatic rings. The molecule has 0 unspecified atom stereocenters. The van der Waals surface area contributed by atoms with Gasteiger partial charge in [-0.25, -0.2) is 0 Å². The van der Waals surface area contributed by atoms with Gasteiger partial charge in [-0.15, -0.1) is 0 Å². The number of hydrogen-bond donors (Lipinski definition) is 0. The van der Waals surface area contributed by atoms with Gasteiger partial charge in [0.15, 0.2) is 0 Å². The minimum absolute atomic E-state index is 0.118. The highest BCUT2D eigenvalue weighted by molar-refractivity contribution is 5.98. The number of Topliss-reactive ketones (excluding diaryl/α,β-unsaturated/α-hetero) is 2. The second-order valence-corrected chi connectivity index (χ2v) is 7.35. The summed E-state index contributed by atoms with van der Waals surface area (Å²) < 4.78 is 0. The van der Waals surface area contributed by atoms with Crippen molar-refractivity contribution in [3.63, 3.8) is 0 Å². The van der Waals surface area contributed by atoms with Crippen LogP contribution in [-0.2, 0) is 9.59 Å². The van der Waals surface area contributed by atoms with Crippen molar-refractivity contribution in [1.82, 2.24) is 0 Å². The van der Waals surface area contributed by atoms with Crippen molar-refractivity contribution in [3.05, 3.63) is 0 Å². The van der Waals surface area contributed by atoms with Crippen LogP contribution >= 0.6 is 0 Å². The van der Waals surface area contributed by atoms with Gasteiger partial charge in [-0.2, -0.15) is 0 Å². The van der Waals surface area contributed by atoms with Gasteiger partial charge in [0, 0.05) is 12.8 Å². The number of ketones is 2. The molecule has 24 heavy (non-hydrogen) atoms. The first-order chi connectivity index (χ1) is 11.7. The smallest absolute Gasteiger partial charge is 0.140 e. The van der Waals surface area contributed by atoms with Gasteiger partial charge in [0.2, 0.25) is 0 Å². The van der Waals surface area contributed by atoms with Crippen molar-refractivity contribution < 1.29 is 9.59 Å². The lowest BCUT2D eigenvalue weighted by Gasteiger charge is -2.03. The first kappa shape index (κ1) is 23.3. The van der Waals surface area contributed by atoms with Crippen LogP contribution in [0.5, 0.6) is 0 Å². The van der Waals surface area contributed by atoms with Crippen LogP contribution in [-0.4, -0.2) is 11.6 Å². The first-order valence-corrected chi connectivity index (χ1v) is 10.7. The molecule has 0 rings (SSSR count). The number of unbranched alkanes of at least 4 members (excludes halogenated alkanes) is 13. The van der Waals surface area contributed by atoms with E-state index < -0.39 is 0 Å². The van der Waals surface area contributed by atoms with Crippen molar-refractivity contribution in [3.8, 4) is 0 Å². The molecule has 0 aliphatic carbocycles. The van der Waals surface area contributed by atoms with E-state index in [-0.39, 0.29) is 18.0 Å². The average Bonchev–Trinajstić information content (AvgIpc) is 2.55. The third kappa shape index (κ3) is 17.7. The van der Waals surface area contributed by atoms with Crippen molar-refractivity contribution >= 4 is 11.6 Å². The van der Waals surface area contributed by atoms with Gasteiger partial charge in [0.1, 0.15) is 11.6 Å². The van der Waals surface area contributed by atoms with Gasteiger partial charge in [-0.1, -0.05) is 97.3 Å². The molecule has 0 spiro atoms. The molecule has 0 saturated heterocycles. The fourth-order valence-corrected chi connectivity index (χ4v) is 3.19. The molecule has 0 radical (unpaired) electrons. The van der Waals surface area contributed by atoms with Crippen LogP contribution in [0.25, 0.3) is 0 Å². The van der Waals surface area contributed by atoms with E-state index in [4.69, 9.17) is 0 Å². The molecule has 2 heteroatoms. The largest absolute Gasteiger partial charge is 0.299 e. The van der Waals surface area contributed by atoms with Gasteiger partial charge in [-0.3, -0.25) is 9.59 Å². The van der Waals surface area contributed by atoms with Crippen LogP contribution < -0.4 is 0 Å². The Hall–Kier alpha value is -0.660. The van der Waals surface area contributed by atoms with Crippen molar-refractivity contribution in [1.29, 1.82) is 0 Å². The molecule has 0 bridgehead atoms. The monoisotopic (exact) mass is 338 g/mol. The predicted octanol–water partition coefficient (Wildman–Crippen LogP) is 7.19. The van der Waals surface area contributed by atoms with Gasteiger partial charge >= 0.3 is 0 Å². The molecular formula is C22H42O2. The normalized spacial score (nSPS) is 10.9. The maximum Gasteiger partial charge on any atom is 0.140 e. The molecule has 2 nitrogen and oxygen atoms in total. The van der Waals surface area contributed by atoms with Gasteiger partial charge < -0.3 is 0 Å². The van der Waals surface area contributed by atoms with E-state index in [1.807, 2.05) is 6.92 Å². The Morgan fingerprint density at radius 2 is 0.833 bits per heavy atom. The minimum atomic E-state index is 0.118. The summed E-state index contributed by atoms with van der Waals surface area (Å²) in [7, 11) is 0. The number of hydrogen-bond acceptors (Lipinski definition) is 2. The Kier molecular flexibility index (Phi) is 18.2. The molecule has 0 N–H and O–H groups in total. The van der Waals surface area contributed by atoms with Crippen LogP contribution in [0.2, 0.25) is 0 Å². The molecule has 0 aromatic heterocycles. The summed E-state index contributed by atoms with van der Waals surface area (Å²) in [6.45, 7) is 4.25. The van der Waals surface area contributed by atoms with Crippen LogP contribution in [0.3, 0.4) is 0 Å². The summed E-state index contributed by atoms with van der Waals surface area (Å²) in [5.74, 6) is 0.264. The molecule has 0 saturated carbocycles. The Morgan fingerprint density at radius 1 is 0.458 bits per heavy atom. The maximum absolute atomic E-state index is 11.6. The van der Waals surface area contributed by atoms with E-state index in [0.717, 1.165) is 19.3 Å². The van der Waals surface area contributed by atoms with Crippen LogP contribution in [0, 0.1) is 0 Å². The Labute approximate surface area is 151 Å². The van der Waals surface area contributed by atoms with E-state index >= 15 is 0 Å². The SMILES string of the molecule is CCCCCCCCCCCCCCCCC(=O)CC(=O)CCC. The molecule has 0 amide bonds. The zero-order chi connectivity index (χ0) is 17.9. The average molecular weight is 339 g/mol. The molecule has 0 atom stereocenters. The van der Waals surface area contributed by atoms with Gasteiger partial charge in [0.05, 0.1) is 6.42 Å². The third-order valence-corrected chi connectivity index (χ3v) is 4.73. The molecule has 142 valence electrons. The van der Waals surface area contributed by atoms with Crippen molar-refractivity contribution in [2.24, 2.45) is 0 Å². The highest BCUT2D eigenvalue weighted by atomic mass is 16.1. The zero-order valence-corrected chi connectivity index (χ0v) is 16.5. The summed E-state index contributed by atoms with van der Waals surface area (Å²) in [5, 5.41) is 0. The Bertz CT molecular complexity index is 296. The molecule has 0 aromatic carbocycles. The van der Waals surface area contributed by atoms with Crippen LogP contribution in [0.15, 0.2) is 0 Å². The lowest BCUT2D eigenvalue weighted by atomic mass is 10.0. The minimum Gasteiger partial charge on any atom is -0.299 e. The molecule has 0 aliphatic rings. The summed E-state index contributed by atoms with van der Waals surface area (Å²) in [5.41, 5.74) is 0. The fraction of sp³-hybridized carbons (Fsp3) is 0.909. The molecule has 0 fully saturated rings. The maximum atomic E-state index is 11.6. The second-order valence-electron chi connectivity index (χ2n) is 7.35.